The van der Waals surface area contributed by atoms with Crippen LogP contribution in [0.3, 0.4) is 0 Å². The molecule has 1 saturated carbocycles. The van der Waals surface area contributed by atoms with Gasteiger partial charge in [-0.2, -0.15) is 5.26 Å². The Bertz CT molecular complexity index is 328. The van der Waals surface area contributed by atoms with E-state index >= 15 is 0 Å². The maximum absolute atomic E-state index is 8.83. The Labute approximate surface area is 71.8 Å². The molecule has 0 amide bonds. The van der Waals surface area contributed by atoms with E-state index in [1.807, 2.05) is 19.1 Å². The van der Waals surface area contributed by atoms with Gasteiger partial charge in [0, 0.05) is 6.42 Å². The van der Waals surface area contributed by atoms with Gasteiger partial charge in [-0.25, -0.2) is 0 Å². The second-order valence-corrected chi connectivity index (χ2v) is 3.58. The van der Waals surface area contributed by atoms with Gasteiger partial charge in [0.25, 0.3) is 0 Å². The third-order valence-electron chi connectivity index (χ3n) is 2.40. The van der Waals surface area contributed by atoms with Crippen molar-refractivity contribution in [2.45, 2.75) is 26.2 Å². The molecule has 1 aromatic heterocycles. The van der Waals surface area contributed by atoms with Crippen LogP contribution in [0, 0.1) is 23.7 Å². The van der Waals surface area contributed by atoms with Crippen molar-refractivity contribution >= 4 is 0 Å². The summed E-state index contributed by atoms with van der Waals surface area (Å²) >= 11 is 0. The van der Waals surface area contributed by atoms with Crippen LogP contribution in [-0.4, -0.2) is 0 Å². The minimum atomic E-state index is -0.0791. The number of hydrogen-bond acceptors (Lipinski definition) is 2. The third kappa shape index (κ3) is 1.23. The summed E-state index contributed by atoms with van der Waals surface area (Å²) in [5.41, 5.74) is -0.0791. The van der Waals surface area contributed by atoms with E-state index in [1.165, 1.54) is 0 Å². The lowest BCUT2D eigenvalue weighted by atomic mass is 10.0. The highest BCUT2D eigenvalue weighted by atomic mass is 16.3. The SMILES string of the molecule is Cc1ccc(CC2(C#N)CC2)o1. The van der Waals surface area contributed by atoms with Gasteiger partial charge in [-0.05, 0) is 31.9 Å². The highest BCUT2D eigenvalue weighted by Crippen LogP contribution is 2.47. The van der Waals surface area contributed by atoms with Gasteiger partial charge in [0.05, 0.1) is 11.5 Å². The normalized spacial score (nSPS) is 18.7. The molecule has 0 aromatic carbocycles. The van der Waals surface area contributed by atoms with Crippen molar-refractivity contribution in [3.8, 4) is 6.07 Å². The molecular weight excluding hydrogens is 150 g/mol. The molecule has 1 aliphatic rings. The van der Waals surface area contributed by atoms with Crippen LogP contribution < -0.4 is 0 Å². The van der Waals surface area contributed by atoms with Gasteiger partial charge in [0.2, 0.25) is 0 Å². The maximum Gasteiger partial charge on any atom is 0.105 e. The van der Waals surface area contributed by atoms with E-state index in [9.17, 15) is 0 Å². The van der Waals surface area contributed by atoms with E-state index in [2.05, 4.69) is 6.07 Å². The highest BCUT2D eigenvalue weighted by molar-refractivity contribution is 5.17. The summed E-state index contributed by atoms with van der Waals surface area (Å²) in [4.78, 5) is 0. The molecule has 0 bridgehead atoms. The summed E-state index contributed by atoms with van der Waals surface area (Å²) in [7, 11) is 0. The zero-order chi connectivity index (χ0) is 8.60. The van der Waals surface area contributed by atoms with Crippen LogP contribution in [0.4, 0.5) is 0 Å². The summed E-state index contributed by atoms with van der Waals surface area (Å²) in [6.45, 7) is 1.93. The third-order valence-corrected chi connectivity index (χ3v) is 2.40. The predicted octanol–water partition coefficient (Wildman–Crippen LogP) is 2.43. The summed E-state index contributed by atoms with van der Waals surface area (Å²) in [6.07, 6.45) is 2.85. The fraction of sp³-hybridized carbons (Fsp3) is 0.500. The van der Waals surface area contributed by atoms with Crippen LogP contribution >= 0.6 is 0 Å². The topological polar surface area (TPSA) is 36.9 Å². The number of rotatable bonds is 2. The molecule has 2 nitrogen and oxygen atoms in total. The largest absolute Gasteiger partial charge is 0.466 e. The molecule has 2 rings (SSSR count). The van der Waals surface area contributed by atoms with Gasteiger partial charge >= 0.3 is 0 Å². The standard InChI is InChI=1S/C10H11NO/c1-8-2-3-9(12-8)6-10(7-11)4-5-10/h2-3H,4-6H2,1H3. The second-order valence-electron chi connectivity index (χ2n) is 3.58. The van der Waals surface area contributed by atoms with Crippen LogP contribution in [0.25, 0.3) is 0 Å². The van der Waals surface area contributed by atoms with Gasteiger partial charge in [-0.3, -0.25) is 0 Å². The Balaban J connectivity index is 2.10. The number of furan rings is 1. The molecule has 0 unspecified atom stereocenters. The van der Waals surface area contributed by atoms with E-state index in [-0.39, 0.29) is 5.41 Å². The molecule has 0 saturated heterocycles. The quantitative estimate of drug-likeness (QED) is 0.668. The van der Waals surface area contributed by atoms with Gasteiger partial charge in [0.1, 0.15) is 11.5 Å². The summed E-state index contributed by atoms with van der Waals surface area (Å²) in [6, 6.07) is 6.26. The molecule has 62 valence electrons. The van der Waals surface area contributed by atoms with E-state index in [1.54, 1.807) is 0 Å². The maximum atomic E-state index is 8.83. The lowest BCUT2D eigenvalue weighted by Gasteiger charge is -2.00. The van der Waals surface area contributed by atoms with Crippen molar-refractivity contribution in [3.63, 3.8) is 0 Å². The molecule has 1 heterocycles. The van der Waals surface area contributed by atoms with Crippen LogP contribution in [0.1, 0.15) is 24.4 Å². The van der Waals surface area contributed by atoms with Crippen molar-refractivity contribution < 1.29 is 4.42 Å². The molecule has 2 heteroatoms. The Morgan fingerprint density at radius 1 is 1.58 bits per heavy atom. The van der Waals surface area contributed by atoms with Gasteiger partial charge in [0.15, 0.2) is 0 Å². The van der Waals surface area contributed by atoms with Crippen molar-refractivity contribution in [2.75, 3.05) is 0 Å². The highest BCUT2D eigenvalue weighted by Gasteiger charge is 2.43. The van der Waals surface area contributed by atoms with E-state index < -0.39 is 0 Å². The lowest BCUT2D eigenvalue weighted by molar-refractivity contribution is 0.453. The van der Waals surface area contributed by atoms with Crippen LogP contribution in [-0.2, 0) is 6.42 Å². The van der Waals surface area contributed by atoms with E-state index in [0.717, 1.165) is 30.8 Å². The number of hydrogen-bond donors (Lipinski definition) is 0. The van der Waals surface area contributed by atoms with Crippen molar-refractivity contribution in [3.05, 3.63) is 23.7 Å². The van der Waals surface area contributed by atoms with Crippen molar-refractivity contribution in [2.24, 2.45) is 5.41 Å². The minimum absolute atomic E-state index is 0.0791. The Morgan fingerprint density at radius 3 is 2.75 bits per heavy atom. The molecule has 1 aliphatic carbocycles. The first-order chi connectivity index (χ1) is 5.74. The zero-order valence-electron chi connectivity index (χ0n) is 7.13. The van der Waals surface area contributed by atoms with E-state index in [0.29, 0.717) is 0 Å². The van der Waals surface area contributed by atoms with Crippen LogP contribution in [0.5, 0.6) is 0 Å². The first-order valence-electron chi connectivity index (χ1n) is 4.21. The molecule has 0 N–H and O–H groups in total. The van der Waals surface area contributed by atoms with Crippen molar-refractivity contribution in [1.82, 2.24) is 0 Å². The zero-order valence-corrected chi connectivity index (χ0v) is 7.13. The molecule has 0 spiro atoms. The van der Waals surface area contributed by atoms with E-state index in [4.69, 9.17) is 9.68 Å². The molecule has 12 heavy (non-hydrogen) atoms. The minimum Gasteiger partial charge on any atom is -0.466 e. The average molecular weight is 161 g/mol. The Kier molecular flexibility index (Phi) is 1.47. The Morgan fingerprint density at radius 2 is 2.33 bits per heavy atom. The smallest absolute Gasteiger partial charge is 0.105 e. The molecule has 0 atom stereocenters. The summed E-state index contributed by atoms with van der Waals surface area (Å²) < 4.78 is 5.41. The first kappa shape index (κ1) is 7.42. The molecule has 1 fully saturated rings. The van der Waals surface area contributed by atoms with Gasteiger partial charge in [-0.1, -0.05) is 0 Å². The molecule has 0 aliphatic heterocycles. The van der Waals surface area contributed by atoms with Gasteiger partial charge in [-0.15, -0.1) is 0 Å². The number of aryl methyl sites for hydroxylation is 1. The molecule has 1 aromatic rings. The number of nitriles is 1. The van der Waals surface area contributed by atoms with Crippen LogP contribution in [0.2, 0.25) is 0 Å². The monoisotopic (exact) mass is 161 g/mol. The second kappa shape index (κ2) is 2.38. The molecular formula is C10H11NO. The summed E-state index contributed by atoms with van der Waals surface area (Å²) in [5.74, 6) is 1.88. The summed E-state index contributed by atoms with van der Waals surface area (Å²) in [5, 5.41) is 8.83. The number of nitrogens with zero attached hydrogens (tertiary/aromatic N) is 1. The fourth-order valence-corrected chi connectivity index (χ4v) is 1.39. The Hall–Kier alpha value is -1.23. The van der Waals surface area contributed by atoms with Crippen LogP contribution in [0.15, 0.2) is 16.5 Å². The first-order valence-corrected chi connectivity index (χ1v) is 4.21. The lowest BCUT2D eigenvalue weighted by Crippen LogP contribution is -1.99. The van der Waals surface area contributed by atoms with Crippen molar-refractivity contribution in [1.29, 1.82) is 5.26 Å². The predicted molar refractivity (Wildman–Crippen MR) is 44.4 cm³/mol. The molecule has 0 radical (unpaired) electrons. The fourth-order valence-electron chi connectivity index (χ4n) is 1.39. The average Bonchev–Trinajstić information content (AvgIpc) is 2.71. The van der Waals surface area contributed by atoms with Gasteiger partial charge < -0.3 is 4.42 Å².